The molecule has 0 atom stereocenters. The number of hydrogen-bond acceptors (Lipinski definition) is 5. The smallest absolute Gasteiger partial charge is 0.238 e. The molecule has 0 saturated carbocycles. The molecule has 0 bridgehead atoms. The van der Waals surface area contributed by atoms with Crippen molar-refractivity contribution in [3.8, 4) is 11.5 Å². The SMILES string of the molecule is C=CCOc1ccc(CNc2ccc(S(N)(=O)=O)cc2)cc1OC. The standard InChI is InChI=1S/C17H20N2O4S/c1-3-10-23-16-9-4-13(11-17(16)22-2)12-19-14-5-7-15(8-6-14)24(18,20)21/h3-9,11,19H,1,10,12H2,2H3,(H2,18,20,21). The van der Waals surface area contributed by atoms with Crippen LogP contribution in [0.3, 0.4) is 0 Å². The van der Waals surface area contributed by atoms with Crippen molar-refractivity contribution in [2.75, 3.05) is 19.0 Å². The Bertz CT molecular complexity index is 802. The molecule has 0 heterocycles. The van der Waals surface area contributed by atoms with Crippen LogP contribution in [-0.2, 0) is 16.6 Å². The normalized spacial score (nSPS) is 10.9. The summed E-state index contributed by atoms with van der Waals surface area (Å²) in [5, 5.41) is 8.28. The lowest BCUT2D eigenvalue weighted by Crippen LogP contribution is -2.12. The van der Waals surface area contributed by atoms with Crippen molar-refractivity contribution < 1.29 is 17.9 Å². The van der Waals surface area contributed by atoms with Gasteiger partial charge in [-0.3, -0.25) is 0 Å². The second-order valence-electron chi connectivity index (χ2n) is 5.01. The zero-order valence-electron chi connectivity index (χ0n) is 13.4. The molecule has 0 unspecified atom stereocenters. The highest BCUT2D eigenvalue weighted by molar-refractivity contribution is 7.89. The number of hydrogen-bond donors (Lipinski definition) is 2. The van der Waals surface area contributed by atoms with Crippen molar-refractivity contribution in [2.45, 2.75) is 11.4 Å². The summed E-state index contributed by atoms with van der Waals surface area (Å²) in [6.45, 7) is 4.57. The van der Waals surface area contributed by atoms with E-state index in [4.69, 9.17) is 14.6 Å². The number of nitrogens with one attached hydrogen (secondary N) is 1. The number of anilines is 1. The monoisotopic (exact) mass is 348 g/mol. The lowest BCUT2D eigenvalue weighted by atomic mass is 10.2. The van der Waals surface area contributed by atoms with Crippen molar-refractivity contribution in [3.05, 3.63) is 60.7 Å². The molecule has 0 radical (unpaired) electrons. The topological polar surface area (TPSA) is 90.6 Å². The van der Waals surface area contributed by atoms with E-state index in [9.17, 15) is 8.42 Å². The van der Waals surface area contributed by atoms with Crippen LogP contribution in [0.5, 0.6) is 11.5 Å². The van der Waals surface area contributed by atoms with Crippen molar-refractivity contribution in [3.63, 3.8) is 0 Å². The summed E-state index contributed by atoms with van der Waals surface area (Å²) in [6.07, 6.45) is 1.67. The first-order valence-electron chi connectivity index (χ1n) is 7.21. The van der Waals surface area contributed by atoms with Crippen LogP contribution < -0.4 is 19.9 Å². The van der Waals surface area contributed by atoms with Gasteiger partial charge in [0.25, 0.3) is 0 Å². The van der Waals surface area contributed by atoms with E-state index >= 15 is 0 Å². The van der Waals surface area contributed by atoms with E-state index in [0.717, 1.165) is 11.3 Å². The van der Waals surface area contributed by atoms with Crippen LogP contribution >= 0.6 is 0 Å². The van der Waals surface area contributed by atoms with Gasteiger partial charge in [-0.2, -0.15) is 0 Å². The number of primary sulfonamides is 1. The van der Waals surface area contributed by atoms with E-state index in [0.29, 0.717) is 24.7 Å². The van der Waals surface area contributed by atoms with Crippen LogP contribution in [0.25, 0.3) is 0 Å². The average Bonchev–Trinajstić information content (AvgIpc) is 2.58. The maximum absolute atomic E-state index is 11.2. The molecule has 0 saturated heterocycles. The fraction of sp³-hybridized carbons (Fsp3) is 0.176. The van der Waals surface area contributed by atoms with Crippen LogP contribution in [0.15, 0.2) is 60.0 Å². The molecule has 24 heavy (non-hydrogen) atoms. The van der Waals surface area contributed by atoms with Gasteiger partial charge in [-0.15, -0.1) is 0 Å². The van der Waals surface area contributed by atoms with Crippen molar-refractivity contribution in [2.24, 2.45) is 5.14 Å². The molecule has 2 aromatic rings. The first-order valence-corrected chi connectivity index (χ1v) is 8.76. The highest BCUT2D eigenvalue weighted by Crippen LogP contribution is 2.28. The van der Waals surface area contributed by atoms with Gasteiger partial charge in [0, 0.05) is 12.2 Å². The van der Waals surface area contributed by atoms with Crippen molar-refractivity contribution in [1.82, 2.24) is 0 Å². The molecule has 0 aromatic heterocycles. The molecule has 0 amide bonds. The van der Waals surface area contributed by atoms with Gasteiger partial charge < -0.3 is 14.8 Å². The summed E-state index contributed by atoms with van der Waals surface area (Å²) >= 11 is 0. The van der Waals surface area contributed by atoms with Gasteiger partial charge in [-0.1, -0.05) is 18.7 Å². The fourth-order valence-corrected chi connectivity index (χ4v) is 2.57. The summed E-state index contributed by atoms with van der Waals surface area (Å²) in [7, 11) is -2.09. The van der Waals surface area contributed by atoms with Crippen molar-refractivity contribution in [1.29, 1.82) is 0 Å². The lowest BCUT2D eigenvalue weighted by Gasteiger charge is -2.12. The molecule has 0 fully saturated rings. The van der Waals surface area contributed by atoms with Gasteiger partial charge in [0.05, 0.1) is 12.0 Å². The molecule has 0 spiro atoms. The first kappa shape index (κ1) is 17.8. The average molecular weight is 348 g/mol. The Kier molecular flexibility index (Phi) is 5.83. The van der Waals surface area contributed by atoms with Crippen LogP contribution in [-0.4, -0.2) is 22.1 Å². The molecule has 2 aromatic carbocycles. The van der Waals surface area contributed by atoms with Crippen LogP contribution in [0.2, 0.25) is 0 Å². The summed E-state index contributed by atoms with van der Waals surface area (Å²) < 4.78 is 33.3. The van der Waals surface area contributed by atoms with Crippen LogP contribution in [0, 0.1) is 0 Å². The third-order valence-corrected chi connectivity index (χ3v) is 4.19. The van der Waals surface area contributed by atoms with Gasteiger partial charge in [-0.25, -0.2) is 13.6 Å². The second-order valence-corrected chi connectivity index (χ2v) is 6.57. The lowest BCUT2D eigenvalue weighted by molar-refractivity contribution is 0.326. The molecule has 3 N–H and O–H groups in total. The van der Waals surface area contributed by atoms with Crippen molar-refractivity contribution >= 4 is 15.7 Å². The summed E-state index contributed by atoms with van der Waals surface area (Å²) in [4.78, 5) is 0.0819. The predicted molar refractivity (Wildman–Crippen MR) is 93.8 cm³/mol. The zero-order chi connectivity index (χ0) is 17.6. The predicted octanol–water partition coefficient (Wildman–Crippen LogP) is 2.52. The molecular weight excluding hydrogens is 328 g/mol. The number of nitrogens with two attached hydrogens (primary N) is 1. The Balaban J connectivity index is 2.05. The molecule has 2 rings (SSSR count). The van der Waals surface area contributed by atoms with Crippen LogP contribution in [0.4, 0.5) is 5.69 Å². The maximum Gasteiger partial charge on any atom is 0.238 e. The molecule has 128 valence electrons. The molecular formula is C17H20N2O4S. The Morgan fingerprint density at radius 3 is 2.46 bits per heavy atom. The number of ether oxygens (including phenoxy) is 2. The number of methoxy groups -OCH3 is 1. The minimum Gasteiger partial charge on any atom is -0.493 e. The van der Waals surface area contributed by atoms with Gasteiger partial charge >= 0.3 is 0 Å². The molecule has 6 nitrogen and oxygen atoms in total. The Morgan fingerprint density at radius 1 is 1.17 bits per heavy atom. The zero-order valence-corrected chi connectivity index (χ0v) is 14.2. The first-order chi connectivity index (χ1) is 11.4. The molecule has 7 heteroatoms. The van der Waals surface area contributed by atoms with E-state index in [1.54, 1.807) is 25.3 Å². The number of sulfonamides is 1. The Hall–Kier alpha value is -2.51. The third kappa shape index (κ3) is 4.74. The third-order valence-electron chi connectivity index (χ3n) is 3.26. The molecule has 0 aliphatic heterocycles. The maximum atomic E-state index is 11.2. The largest absolute Gasteiger partial charge is 0.493 e. The van der Waals surface area contributed by atoms with Gasteiger partial charge in [-0.05, 0) is 42.0 Å². The van der Waals surface area contributed by atoms with Gasteiger partial charge in [0.2, 0.25) is 10.0 Å². The van der Waals surface area contributed by atoms with Crippen LogP contribution in [0.1, 0.15) is 5.56 Å². The van der Waals surface area contributed by atoms with E-state index in [1.807, 2.05) is 18.2 Å². The number of rotatable bonds is 8. The summed E-state index contributed by atoms with van der Waals surface area (Å²) in [5.41, 5.74) is 1.78. The molecule has 0 aliphatic rings. The Labute approximate surface area is 142 Å². The highest BCUT2D eigenvalue weighted by atomic mass is 32.2. The quantitative estimate of drug-likeness (QED) is 0.715. The van der Waals surface area contributed by atoms with Gasteiger partial charge in [0.15, 0.2) is 11.5 Å². The highest BCUT2D eigenvalue weighted by Gasteiger charge is 2.08. The minimum atomic E-state index is -3.67. The van der Waals surface area contributed by atoms with Gasteiger partial charge in [0.1, 0.15) is 6.61 Å². The summed E-state index contributed by atoms with van der Waals surface area (Å²) in [5.74, 6) is 1.29. The Morgan fingerprint density at radius 2 is 1.88 bits per heavy atom. The van der Waals surface area contributed by atoms with E-state index < -0.39 is 10.0 Å². The molecule has 0 aliphatic carbocycles. The minimum absolute atomic E-state index is 0.0819. The van der Waals surface area contributed by atoms with E-state index in [2.05, 4.69) is 11.9 Å². The van der Waals surface area contributed by atoms with E-state index in [1.165, 1.54) is 12.1 Å². The summed E-state index contributed by atoms with van der Waals surface area (Å²) in [6, 6.07) is 11.9. The van der Waals surface area contributed by atoms with E-state index in [-0.39, 0.29) is 4.90 Å². The second kappa shape index (κ2) is 7.85. The number of benzene rings is 2. The fourth-order valence-electron chi connectivity index (χ4n) is 2.06.